The monoisotopic (exact) mass is 253 g/mol. The highest BCUT2D eigenvalue weighted by Gasteiger charge is 2.10. The van der Waals surface area contributed by atoms with E-state index in [1.54, 1.807) is 12.4 Å². The van der Waals surface area contributed by atoms with E-state index in [1.165, 1.54) is 6.07 Å². The summed E-state index contributed by atoms with van der Waals surface area (Å²) in [5.41, 5.74) is 4.34. The molecule has 0 aromatic carbocycles. The fourth-order valence-corrected chi connectivity index (χ4v) is 2.03. The number of rotatable bonds is 2. The third-order valence-electron chi connectivity index (χ3n) is 3.00. The van der Waals surface area contributed by atoms with Crippen molar-refractivity contribution in [1.29, 1.82) is 0 Å². The molecule has 0 atom stereocenters. The fraction of sp³-hybridized carbons (Fsp3) is 0.0714. The fourth-order valence-electron chi connectivity index (χ4n) is 2.03. The quantitative estimate of drug-likeness (QED) is 0.735. The predicted molar refractivity (Wildman–Crippen MR) is 71.0 cm³/mol. The number of carbonyl (C=O) groups is 1. The minimum absolute atomic E-state index is 0.145. The average Bonchev–Trinajstić information content (AvgIpc) is 2.82. The summed E-state index contributed by atoms with van der Waals surface area (Å²) in [6.45, 7) is 1.97. The minimum Gasteiger partial charge on any atom is -0.477 e. The van der Waals surface area contributed by atoms with Gasteiger partial charge in [-0.1, -0.05) is 0 Å². The van der Waals surface area contributed by atoms with Crippen molar-refractivity contribution in [3.63, 3.8) is 0 Å². The number of nitrogens with one attached hydrogen (secondary N) is 1. The molecule has 0 aliphatic carbocycles. The second-order valence-electron chi connectivity index (χ2n) is 4.31. The predicted octanol–water partition coefficient (Wildman–Crippen LogP) is 2.63. The van der Waals surface area contributed by atoms with Crippen LogP contribution in [0.3, 0.4) is 0 Å². The molecule has 3 heterocycles. The number of aromatic nitrogens is 3. The molecule has 3 aromatic rings. The first kappa shape index (κ1) is 11.4. The van der Waals surface area contributed by atoms with Crippen LogP contribution < -0.4 is 0 Å². The van der Waals surface area contributed by atoms with Crippen molar-refractivity contribution in [3.8, 4) is 11.3 Å². The molecule has 0 spiro atoms. The van der Waals surface area contributed by atoms with E-state index in [0.29, 0.717) is 11.0 Å². The molecule has 3 aromatic heterocycles. The summed E-state index contributed by atoms with van der Waals surface area (Å²) in [7, 11) is 0. The van der Waals surface area contributed by atoms with Crippen molar-refractivity contribution in [2.75, 3.05) is 0 Å². The van der Waals surface area contributed by atoms with Crippen LogP contribution >= 0.6 is 0 Å². The molecule has 0 unspecified atom stereocenters. The van der Waals surface area contributed by atoms with E-state index in [0.717, 1.165) is 16.8 Å². The van der Waals surface area contributed by atoms with Crippen molar-refractivity contribution in [1.82, 2.24) is 15.0 Å². The highest BCUT2D eigenvalue weighted by atomic mass is 16.4. The van der Waals surface area contributed by atoms with Gasteiger partial charge in [0, 0.05) is 18.0 Å². The Morgan fingerprint density at radius 1 is 1.32 bits per heavy atom. The van der Waals surface area contributed by atoms with Crippen molar-refractivity contribution in [2.24, 2.45) is 0 Å². The number of carboxylic acid groups (broad SMARTS) is 1. The van der Waals surface area contributed by atoms with E-state index in [9.17, 15) is 4.79 Å². The zero-order valence-corrected chi connectivity index (χ0v) is 10.2. The number of hydrogen-bond donors (Lipinski definition) is 2. The Hall–Kier alpha value is -2.69. The number of aromatic carboxylic acids is 1. The van der Waals surface area contributed by atoms with E-state index < -0.39 is 5.97 Å². The molecular formula is C14H11N3O2. The van der Waals surface area contributed by atoms with Gasteiger partial charge in [0.15, 0.2) is 0 Å². The molecule has 5 heteroatoms. The summed E-state index contributed by atoms with van der Waals surface area (Å²) in [6.07, 6.45) is 3.50. The first-order chi connectivity index (χ1) is 9.15. The molecule has 0 saturated carbocycles. The first-order valence-corrected chi connectivity index (χ1v) is 5.79. The van der Waals surface area contributed by atoms with E-state index >= 15 is 0 Å². The van der Waals surface area contributed by atoms with Crippen molar-refractivity contribution in [2.45, 2.75) is 6.92 Å². The van der Waals surface area contributed by atoms with Gasteiger partial charge in [-0.2, -0.15) is 0 Å². The number of H-pyrrole nitrogens is 1. The van der Waals surface area contributed by atoms with Gasteiger partial charge >= 0.3 is 5.97 Å². The van der Waals surface area contributed by atoms with E-state index in [1.807, 2.05) is 25.1 Å². The maximum atomic E-state index is 10.9. The molecule has 0 saturated heterocycles. The molecule has 0 amide bonds. The number of nitrogens with zero attached hydrogens (tertiary/aromatic N) is 2. The van der Waals surface area contributed by atoms with Crippen LogP contribution in [0.15, 0.2) is 36.7 Å². The SMILES string of the molecule is Cc1cnccc1-c1ccc2[nH]c(C(=O)O)cc2n1. The maximum Gasteiger partial charge on any atom is 0.352 e. The van der Waals surface area contributed by atoms with Gasteiger partial charge < -0.3 is 10.1 Å². The van der Waals surface area contributed by atoms with Gasteiger partial charge in [-0.25, -0.2) is 9.78 Å². The topological polar surface area (TPSA) is 78.9 Å². The Balaban J connectivity index is 2.16. The van der Waals surface area contributed by atoms with Crippen LogP contribution in [-0.4, -0.2) is 26.0 Å². The smallest absolute Gasteiger partial charge is 0.352 e. The zero-order chi connectivity index (χ0) is 13.4. The van der Waals surface area contributed by atoms with Crippen molar-refractivity contribution < 1.29 is 9.90 Å². The van der Waals surface area contributed by atoms with Crippen LogP contribution in [0.25, 0.3) is 22.3 Å². The molecule has 0 radical (unpaired) electrons. The second-order valence-corrected chi connectivity index (χ2v) is 4.31. The lowest BCUT2D eigenvalue weighted by molar-refractivity contribution is 0.0691. The Bertz CT molecular complexity index is 777. The molecule has 2 N–H and O–H groups in total. The van der Waals surface area contributed by atoms with Gasteiger partial charge in [-0.3, -0.25) is 4.98 Å². The lowest BCUT2D eigenvalue weighted by Gasteiger charge is -2.03. The Kier molecular flexibility index (Phi) is 2.52. The number of hydrogen-bond acceptors (Lipinski definition) is 3. The highest BCUT2D eigenvalue weighted by Crippen LogP contribution is 2.23. The minimum atomic E-state index is -0.986. The molecule has 0 aliphatic heterocycles. The molecule has 3 rings (SSSR count). The number of fused-ring (bicyclic) bond motifs is 1. The number of aromatic amines is 1. The van der Waals surface area contributed by atoms with E-state index in [4.69, 9.17) is 5.11 Å². The van der Waals surface area contributed by atoms with Gasteiger partial charge in [0.2, 0.25) is 0 Å². The summed E-state index contributed by atoms with van der Waals surface area (Å²) >= 11 is 0. The summed E-state index contributed by atoms with van der Waals surface area (Å²) in [4.78, 5) is 22.3. The van der Waals surface area contributed by atoms with Gasteiger partial charge in [0.05, 0.1) is 16.7 Å². The van der Waals surface area contributed by atoms with Gasteiger partial charge in [0.1, 0.15) is 5.69 Å². The van der Waals surface area contributed by atoms with Crippen LogP contribution in [0.2, 0.25) is 0 Å². The Labute approximate surface area is 109 Å². The van der Waals surface area contributed by atoms with Crippen LogP contribution in [0.5, 0.6) is 0 Å². The van der Waals surface area contributed by atoms with Gasteiger partial charge in [0.25, 0.3) is 0 Å². The maximum absolute atomic E-state index is 10.9. The first-order valence-electron chi connectivity index (χ1n) is 5.79. The van der Waals surface area contributed by atoms with E-state index in [2.05, 4.69) is 15.0 Å². The zero-order valence-electron chi connectivity index (χ0n) is 10.2. The lowest BCUT2D eigenvalue weighted by atomic mass is 10.1. The average molecular weight is 253 g/mol. The Morgan fingerprint density at radius 3 is 2.89 bits per heavy atom. The molecule has 5 nitrogen and oxygen atoms in total. The van der Waals surface area contributed by atoms with Crippen molar-refractivity contribution in [3.05, 3.63) is 47.9 Å². The molecule has 0 bridgehead atoms. The number of carboxylic acids is 1. The largest absolute Gasteiger partial charge is 0.477 e. The third-order valence-corrected chi connectivity index (χ3v) is 3.00. The van der Waals surface area contributed by atoms with Crippen LogP contribution in [0.4, 0.5) is 0 Å². The highest BCUT2D eigenvalue weighted by molar-refractivity contribution is 5.92. The normalized spacial score (nSPS) is 10.8. The van der Waals surface area contributed by atoms with Crippen LogP contribution in [0, 0.1) is 6.92 Å². The number of pyridine rings is 2. The summed E-state index contributed by atoms with van der Waals surface area (Å²) in [5, 5.41) is 8.95. The molecule has 19 heavy (non-hydrogen) atoms. The summed E-state index contributed by atoms with van der Waals surface area (Å²) < 4.78 is 0. The third kappa shape index (κ3) is 1.95. The molecule has 0 fully saturated rings. The Morgan fingerprint density at radius 2 is 2.16 bits per heavy atom. The van der Waals surface area contributed by atoms with E-state index in [-0.39, 0.29) is 5.69 Å². The van der Waals surface area contributed by atoms with Crippen LogP contribution in [-0.2, 0) is 0 Å². The van der Waals surface area contributed by atoms with Gasteiger partial charge in [-0.05, 0) is 36.8 Å². The van der Waals surface area contributed by atoms with Crippen LogP contribution in [0.1, 0.15) is 16.1 Å². The standard InChI is InChI=1S/C14H11N3O2/c1-8-7-15-5-4-9(8)10-2-3-11-12(16-10)6-13(17-11)14(18)19/h2-7,17H,1H3,(H,18,19). The summed E-state index contributed by atoms with van der Waals surface area (Å²) in [5.74, 6) is -0.986. The summed E-state index contributed by atoms with van der Waals surface area (Å²) in [6, 6.07) is 7.14. The second kappa shape index (κ2) is 4.20. The molecular weight excluding hydrogens is 242 g/mol. The lowest BCUT2D eigenvalue weighted by Crippen LogP contribution is -1.94. The number of aryl methyl sites for hydroxylation is 1. The van der Waals surface area contributed by atoms with Gasteiger partial charge in [-0.15, -0.1) is 0 Å². The van der Waals surface area contributed by atoms with Crippen molar-refractivity contribution >= 4 is 17.0 Å². The molecule has 94 valence electrons. The molecule has 0 aliphatic rings.